The van der Waals surface area contributed by atoms with Gasteiger partial charge in [-0.2, -0.15) is 0 Å². The fourth-order valence-electron chi connectivity index (χ4n) is 3.84. The zero-order valence-corrected chi connectivity index (χ0v) is 15.0. The van der Waals surface area contributed by atoms with Gasteiger partial charge in [0.05, 0.1) is 13.7 Å². The van der Waals surface area contributed by atoms with Crippen molar-refractivity contribution in [2.45, 2.75) is 25.8 Å². The molecule has 0 unspecified atom stereocenters. The minimum Gasteiger partial charge on any atom is -0.497 e. The average molecular weight is 361 g/mol. The van der Waals surface area contributed by atoms with Gasteiger partial charge in [-0.15, -0.1) is 0 Å². The molecule has 1 heterocycles. The minimum atomic E-state index is -0.399. The second-order valence-corrected chi connectivity index (χ2v) is 7.20. The normalized spacial score (nSPS) is 20.9. The van der Waals surface area contributed by atoms with E-state index in [0.29, 0.717) is 36.4 Å². The molecule has 3 nitrogen and oxygen atoms in total. The maximum Gasteiger partial charge on any atom is 0.131 e. The number of halogens is 2. The predicted molar refractivity (Wildman–Crippen MR) is 97.1 cm³/mol. The maximum atomic E-state index is 14.3. The summed E-state index contributed by atoms with van der Waals surface area (Å²) < 4.78 is 33.4. The van der Waals surface area contributed by atoms with Crippen molar-refractivity contribution in [2.75, 3.05) is 26.8 Å². The lowest BCUT2D eigenvalue weighted by Gasteiger charge is -2.42. The van der Waals surface area contributed by atoms with Crippen LogP contribution in [0.25, 0.3) is 0 Å². The van der Waals surface area contributed by atoms with E-state index in [9.17, 15) is 13.9 Å². The van der Waals surface area contributed by atoms with E-state index in [0.717, 1.165) is 19.4 Å². The van der Waals surface area contributed by atoms with Crippen LogP contribution in [-0.2, 0) is 13.0 Å². The molecule has 1 aliphatic heterocycles. The minimum absolute atomic E-state index is 0.0110. The van der Waals surface area contributed by atoms with Gasteiger partial charge in [0.25, 0.3) is 0 Å². The second kappa shape index (κ2) is 8.14. The number of likely N-dealkylation sites (tertiary alicyclic amines) is 1. The molecular weight excluding hydrogens is 336 g/mol. The van der Waals surface area contributed by atoms with Crippen LogP contribution >= 0.6 is 0 Å². The molecule has 0 spiro atoms. The fraction of sp³-hybridized carbons (Fsp3) is 0.429. The maximum absolute atomic E-state index is 14.3. The lowest BCUT2D eigenvalue weighted by Crippen LogP contribution is -2.46. The topological polar surface area (TPSA) is 32.7 Å². The molecule has 0 aliphatic carbocycles. The van der Waals surface area contributed by atoms with Gasteiger partial charge in [-0.1, -0.05) is 24.3 Å². The smallest absolute Gasteiger partial charge is 0.131 e. The Morgan fingerprint density at radius 2 is 1.92 bits per heavy atom. The Kier molecular flexibility index (Phi) is 5.89. The van der Waals surface area contributed by atoms with Crippen LogP contribution in [0.4, 0.5) is 8.78 Å². The van der Waals surface area contributed by atoms with E-state index in [4.69, 9.17) is 4.74 Å². The molecule has 0 aromatic heterocycles. The van der Waals surface area contributed by atoms with Gasteiger partial charge < -0.3 is 9.84 Å². The van der Waals surface area contributed by atoms with Gasteiger partial charge in [0.2, 0.25) is 0 Å². The van der Waals surface area contributed by atoms with E-state index in [1.165, 1.54) is 19.2 Å². The number of ether oxygens (including phenoxy) is 1. The number of methoxy groups -OCH3 is 1. The SMILES string of the molecule is COc1ccc(CN2CCC[C@](CO)(Cc3ccccc3F)C2)c(F)c1. The molecule has 2 aromatic carbocycles. The van der Waals surface area contributed by atoms with Crippen molar-refractivity contribution in [2.24, 2.45) is 5.41 Å². The van der Waals surface area contributed by atoms with Crippen molar-refractivity contribution >= 4 is 0 Å². The molecule has 1 N–H and O–H groups in total. The Bertz CT molecular complexity index is 753. The van der Waals surface area contributed by atoms with Gasteiger partial charge in [-0.05, 0) is 43.5 Å². The number of hydrogen-bond acceptors (Lipinski definition) is 3. The van der Waals surface area contributed by atoms with Crippen LogP contribution in [-0.4, -0.2) is 36.8 Å². The Balaban J connectivity index is 1.74. The summed E-state index contributed by atoms with van der Waals surface area (Å²) in [5.41, 5.74) is 0.827. The highest BCUT2D eigenvalue weighted by atomic mass is 19.1. The molecular formula is C21H25F2NO2. The second-order valence-electron chi connectivity index (χ2n) is 7.20. The molecule has 1 aliphatic rings. The molecule has 26 heavy (non-hydrogen) atoms. The van der Waals surface area contributed by atoms with E-state index in [1.54, 1.807) is 24.3 Å². The highest BCUT2D eigenvalue weighted by Crippen LogP contribution is 2.35. The Hall–Kier alpha value is -1.98. The van der Waals surface area contributed by atoms with Gasteiger partial charge >= 0.3 is 0 Å². The lowest BCUT2D eigenvalue weighted by molar-refractivity contribution is 0.0278. The highest BCUT2D eigenvalue weighted by Gasteiger charge is 2.36. The summed E-state index contributed by atoms with van der Waals surface area (Å²) in [6, 6.07) is 11.6. The monoisotopic (exact) mass is 361 g/mol. The summed E-state index contributed by atoms with van der Waals surface area (Å²) in [5, 5.41) is 10.1. The molecule has 1 fully saturated rings. The zero-order chi connectivity index (χ0) is 18.6. The Labute approximate surface area is 153 Å². The zero-order valence-electron chi connectivity index (χ0n) is 15.0. The standard InChI is InChI=1S/C21H25F2NO2/c1-26-18-8-7-17(20(23)11-18)13-24-10-4-9-21(14-24,15-25)12-16-5-2-3-6-19(16)22/h2-3,5-8,11,25H,4,9-10,12-15H2,1H3/t21-/m0/s1. The summed E-state index contributed by atoms with van der Waals surface area (Å²) in [4.78, 5) is 2.14. The molecule has 0 bridgehead atoms. The largest absolute Gasteiger partial charge is 0.497 e. The van der Waals surface area contributed by atoms with E-state index in [2.05, 4.69) is 4.90 Å². The fourth-order valence-corrected chi connectivity index (χ4v) is 3.84. The molecule has 140 valence electrons. The number of hydrogen-bond donors (Lipinski definition) is 1. The molecule has 1 saturated heterocycles. The first kappa shape index (κ1) is 18.8. The third-order valence-electron chi connectivity index (χ3n) is 5.25. The van der Waals surface area contributed by atoms with E-state index < -0.39 is 5.41 Å². The molecule has 0 amide bonds. The van der Waals surface area contributed by atoms with Crippen LogP contribution in [0.15, 0.2) is 42.5 Å². The first-order chi connectivity index (χ1) is 12.5. The predicted octanol–water partition coefficient (Wildman–Crippen LogP) is 3.79. The van der Waals surface area contributed by atoms with Gasteiger partial charge in [0.15, 0.2) is 0 Å². The molecule has 0 saturated carbocycles. The number of aliphatic hydroxyl groups excluding tert-OH is 1. The van der Waals surface area contributed by atoms with Gasteiger partial charge in [0, 0.05) is 30.1 Å². The Morgan fingerprint density at radius 1 is 1.12 bits per heavy atom. The van der Waals surface area contributed by atoms with Crippen molar-refractivity contribution in [3.63, 3.8) is 0 Å². The molecule has 2 aromatic rings. The van der Waals surface area contributed by atoms with Crippen molar-refractivity contribution in [1.29, 1.82) is 0 Å². The van der Waals surface area contributed by atoms with Gasteiger partial charge in [0.1, 0.15) is 17.4 Å². The summed E-state index contributed by atoms with van der Waals surface area (Å²) in [6.45, 7) is 1.91. The van der Waals surface area contributed by atoms with Crippen LogP contribution in [0.2, 0.25) is 0 Å². The molecule has 0 radical (unpaired) electrons. The number of piperidine rings is 1. The molecule has 1 atom stereocenters. The quantitative estimate of drug-likeness (QED) is 0.850. The number of aliphatic hydroxyl groups is 1. The van der Waals surface area contributed by atoms with Crippen molar-refractivity contribution in [1.82, 2.24) is 4.90 Å². The number of rotatable bonds is 6. The molecule has 5 heteroatoms. The van der Waals surface area contributed by atoms with Crippen molar-refractivity contribution in [3.05, 3.63) is 65.2 Å². The van der Waals surface area contributed by atoms with Crippen molar-refractivity contribution < 1.29 is 18.6 Å². The summed E-state index contributed by atoms with van der Waals surface area (Å²) in [5.74, 6) is -0.0357. The van der Waals surface area contributed by atoms with Gasteiger partial charge in [-0.25, -0.2) is 8.78 Å². The van der Waals surface area contributed by atoms with E-state index in [-0.39, 0.29) is 18.2 Å². The third kappa shape index (κ3) is 4.22. The first-order valence-electron chi connectivity index (χ1n) is 8.94. The summed E-state index contributed by atoms with van der Waals surface area (Å²) in [7, 11) is 1.51. The van der Waals surface area contributed by atoms with Gasteiger partial charge in [-0.3, -0.25) is 4.90 Å². The highest BCUT2D eigenvalue weighted by molar-refractivity contribution is 5.29. The third-order valence-corrected chi connectivity index (χ3v) is 5.25. The van der Waals surface area contributed by atoms with Crippen LogP contribution in [0, 0.1) is 17.0 Å². The van der Waals surface area contributed by atoms with Crippen LogP contribution in [0.3, 0.4) is 0 Å². The number of benzene rings is 2. The number of nitrogens with zero attached hydrogens (tertiary/aromatic N) is 1. The average Bonchev–Trinajstić information content (AvgIpc) is 2.65. The first-order valence-corrected chi connectivity index (χ1v) is 8.94. The van der Waals surface area contributed by atoms with E-state index >= 15 is 0 Å². The lowest BCUT2D eigenvalue weighted by atomic mass is 9.75. The van der Waals surface area contributed by atoms with Crippen molar-refractivity contribution in [3.8, 4) is 5.75 Å². The van der Waals surface area contributed by atoms with Crippen LogP contribution in [0.5, 0.6) is 5.75 Å². The van der Waals surface area contributed by atoms with Crippen LogP contribution in [0.1, 0.15) is 24.0 Å². The molecule has 3 rings (SSSR count). The Morgan fingerprint density at radius 3 is 2.62 bits per heavy atom. The van der Waals surface area contributed by atoms with E-state index in [1.807, 2.05) is 6.07 Å². The summed E-state index contributed by atoms with van der Waals surface area (Å²) in [6.07, 6.45) is 2.21. The summed E-state index contributed by atoms with van der Waals surface area (Å²) >= 11 is 0. The van der Waals surface area contributed by atoms with Crippen LogP contribution < -0.4 is 4.74 Å².